The second-order valence-electron chi connectivity index (χ2n) is 8.64. The zero-order chi connectivity index (χ0) is 24.3. The third-order valence-electron chi connectivity index (χ3n) is 5.91. The highest BCUT2D eigenvalue weighted by Gasteiger charge is 2.36. The number of nitrogens with zero attached hydrogens (tertiary/aromatic N) is 1. The zero-order valence-electron chi connectivity index (χ0n) is 18.7. The first-order valence-electron chi connectivity index (χ1n) is 10.7. The summed E-state index contributed by atoms with van der Waals surface area (Å²) in [5.41, 5.74) is 0.303. The Kier molecular flexibility index (Phi) is 7.70. The van der Waals surface area contributed by atoms with E-state index in [1.807, 2.05) is 18.9 Å². The van der Waals surface area contributed by atoms with Gasteiger partial charge in [-0.05, 0) is 45.0 Å². The second kappa shape index (κ2) is 10.3. The summed E-state index contributed by atoms with van der Waals surface area (Å²) in [7, 11) is 3.21. The summed E-state index contributed by atoms with van der Waals surface area (Å²) in [4.78, 5) is 64.5. The molecule has 2 aliphatic heterocycles. The highest BCUT2D eigenvalue weighted by Crippen LogP contribution is 2.25. The monoisotopic (exact) mass is 477 g/mol. The molecule has 11 heteroatoms. The van der Waals surface area contributed by atoms with Crippen LogP contribution in [0.3, 0.4) is 0 Å². The van der Waals surface area contributed by atoms with Crippen molar-refractivity contribution in [1.82, 2.24) is 20.9 Å². The van der Waals surface area contributed by atoms with Gasteiger partial charge < -0.3 is 26.2 Å². The molecule has 0 spiro atoms. The number of Topliss-reactive ketones (excluding diaryl/α,β-unsaturated/α-hetero) is 1. The number of carbonyl (C=O) groups is 5. The first-order valence-corrected chi connectivity index (χ1v) is 11.1. The number of likely N-dealkylation sites (tertiary alicyclic amines) is 1. The minimum Gasteiger partial charge on any atom is -0.353 e. The van der Waals surface area contributed by atoms with Gasteiger partial charge in [-0.15, -0.1) is 0 Å². The molecule has 2 saturated heterocycles. The lowest BCUT2D eigenvalue weighted by Crippen LogP contribution is -2.50. The largest absolute Gasteiger partial charge is 0.353 e. The Hall–Kier alpha value is -2.98. The van der Waals surface area contributed by atoms with E-state index >= 15 is 0 Å². The van der Waals surface area contributed by atoms with E-state index in [4.69, 9.17) is 11.6 Å². The van der Waals surface area contributed by atoms with Crippen LogP contribution in [0.4, 0.5) is 5.69 Å². The third kappa shape index (κ3) is 5.88. The topological polar surface area (TPSA) is 137 Å². The summed E-state index contributed by atoms with van der Waals surface area (Å²) < 4.78 is 0. The van der Waals surface area contributed by atoms with E-state index < -0.39 is 29.6 Å². The molecule has 0 bridgehead atoms. The van der Waals surface area contributed by atoms with Crippen molar-refractivity contribution in [1.29, 1.82) is 0 Å². The lowest BCUT2D eigenvalue weighted by Gasteiger charge is -2.35. The molecule has 10 nitrogen and oxygen atoms in total. The Morgan fingerprint density at radius 2 is 1.94 bits per heavy atom. The van der Waals surface area contributed by atoms with Gasteiger partial charge in [0.05, 0.1) is 23.2 Å². The SMILES string of the molecule is CNC(=O)C(=O)C(C[C@@H]1C[C@@H](C)NC1=O)NC(=O)c1cc(Cl)ccc1NC(=O)C1CN(C)C1. The van der Waals surface area contributed by atoms with E-state index in [2.05, 4.69) is 21.3 Å². The van der Waals surface area contributed by atoms with Crippen molar-refractivity contribution in [3.05, 3.63) is 28.8 Å². The molecule has 2 heterocycles. The van der Waals surface area contributed by atoms with Gasteiger partial charge in [0.2, 0.25) is 17.6 Å². The maximum absolute atomic E-state index is 13.1. The standard InChI is InChI=1S/C22H28ClN5O5/c1-11-6-12(19(30)25-11)7-17(18(29)22(33)24-2)27-21(32)15-8-14(23)4-5-16(15)26-20(31)13-9-28(3)10-13/h4-5,8,11-13,17H,6-7,9-10H2,1-3H3,(H,24,33)(H,25,30)(H,26,31)(H,27,32)/t11-,12+,17?/m1/s1. The molecule has 2 fully saturated rings. The molecule has 4 N–H and O–H groups in total. The van der Waals surface area contributed by atoms with Crippen LogP contribution in [0.1, 0.15) is 30.1 Å². The number of ketones is 1. The predicted molar refractivity (Wildman–Crippen MR) is 122 cm³/mol. The normalized spacial score (nSPS) is 21.5. The molecular weight excluding hydrogens is 450 g/mol. The van der Waals surface area contributed by atoms with E-state index in [0.29, 0.717) is 19.5 Å². The molecule has 4 amide bonds. The Morgan fingerprint density at radius 3 is 2.52 bits per heavy atom. The molecule has 1 aromatic carbocycles. The minimum atomic E-state index is -1.22. The van der Waals surface area contributed by atoms with Crippen molar-refractivity contribution in [2.24, 2.45) is 11.8 Å². The lowest BCUT2D eigenvalue weighted by atomic mass is 9.93. The van der Waals surface area contributed by atoms with Gasteiger partial charge in [-0.25, -0.2) is 0 Å². The van der Waals surface area contributed by atoms with Crippen LogP contribution in [0.5, 0.6) is 0 Å². The maximum Gasteiger partial charge on any atom is 0.289 e. The molecule has 1 unspecified atom stereocenters. The average molecular weight is 478 g/mol. The fourth-order valence-corrected chi connectivity index (χ4v) is 4.28. The van der Waals surface area contributed by atoms with E-state index in [0.717, 1.165) is 0 Å². The predicted octanol–water partition coefficient (Wildman–Crippen LogP) is 0.168. The van der Waals surface area contributed by atoms with Crippen LogP contribution in [0.15, 0.2) is 18.2 Å². The number of rotatable bonds is 8. The smallest absolute Gasteiger partial charge is 0.289 e. The van der Waals surface area contributed by atoms with Crippen LogP contribution in [0.2, 0.25) is 5.02 Å². The molecule has 0 aromatic heterocycles. The fourth-order valence-electron chi connectivity index (χ4n) is 4.10. The molecular formula is C22H28ClN5O5. The summed E-state index contributed by atoms with van der Waals surface area (Å²) in [6, 6.07) is 3.15. The molecule has 33 heavy (non-hydrogen) atoms. The van der Waals surface area contributed by atoms with Gasteiger partial charge in [-0.1, -0.05) is 11.6 Å². The van der Waals surface area contributed by atoms with E-state index in [9.17, 15) is 24.0 Å². The number of nitrogens with one attached hydrogen (secondary N) is 4. The van der Waals surface area contributed by atoms with Crippen molar-refractivity contribution in [2.45, 2.75) is 31.8 Å². The molecule has 178 valence electrons. The first-order chi connectivity index (χ1) is 15.6. The van der Waals surface area contributed by atoms with E-state index in [1.165, 1.54) is 25.2 Å². The van der Waals surface area contributed by atoms with Gasteiger partial charge in [-0.3, -0.25) is 24.0 Å². The van der Waals surface area contributed by atoms with Crippen molar-refractivity contribution < 1.29 is 24.0 Å². The number of anilines is 1. The number of benzene rings is 1. The number of likely N-dealkylation sites (N-methyl/N-ethyl adjacent to an activating group) is 1. The first kappa shape index (κ1) is 24.7. The van der Waals surface area contributed by atoms with E-state index in [-0.39, 0.29) is 46.5 Å². The van der Waals surface area contributed by atoms with Crippen molar-refractivity contribution >= 4 is 46.7 Å². The van der Waals surface area contributed by atoms with Crippen molar-refractivity contribution in [2.75, 3.05) is 32.5 Å². The molecule has 0 aliphatic carbocycles. The number of halogens is 1. The van der Waals surface area contributed by atoms with Crippen molar-refractivity contribution in [3.63, 3.8) is 0 Å². The van der Waals surface area contributed by atoms with Crippen LogP contribution in [-0.4, -0.2) is 73.6 Å². The average Bonchev–Trinajstić information content (AvgIpc) is 3.07. The number of hydrogen-bond acceptors (Lipinski definition) is 6. The molecule has 2 aliphatic rings. The number of hydrogen-bond donors (Lipinski definition) is 4. The van der Waals surface area contributed by atoms with Crippen LogP contribution < -0.4 is 21.3 Å². The van der Waals surface area contributed by atoms with Gasteiger partial charge in [-0.2, -0.15) is 0 Å². The van der Waals surface area contributed by atoms with Gasteiger partial charge in [0.25, 0.3) is 11.8 Å². The highest BCUT2D eigenvalue weighted by atomic mass is 35.5. The Bertz CT molecular complexity index is 978. The summed E-state index contributed by atoms with van der Waals surface area (Å²) in [5.74, 6) is -3.58. The van der Waals surface area contributed by atoms with Crippen LogP contribution >= 0.6 is 11.6 Å². The van der Waals surface area contributed by atoms with Crippen molar-refractivity contribution in [3.8, 4) is 0 Å². The molecule has 0 saturated carbocycles. The molecule has 3 rings (SSSR count). The number of amides is 4. The fraction of sp³-hybridized carbons (Fsp3) is 0.500. The lowest BCUT2D eigenvalue weighted by molar-refractivity contribution is -0.139. The maximum atomic E-state index is 13.1. The summed E-state index contributed by atoms with van der Waals surface area (Å²) >= 11 is 6.08. The quantitative estimate of drug-likeness (QED) is 0.394. The molecule has 1 aromatic rings. The zero-order valence-corrected chi connectivity index (χ0v) is 19.5. The molecule has 0 radical (unpaired) electrons. The Balaban J connectivity index is 1.79. The van der Waals surface area contributed by atoms with E-state index in [1.54, 1.807) is 0 Å². The Labute approximate surface area is 196 Å². The van der Waals surface area contributed by atoms with Gasteiger partial charge in [0.1, 0.15) is 0 Å². The Morgan fingerprint density at radius 1 is 1.24 bits per heavy atom. The van der Waals surface area contributed by atoms with Gasteiger partial charge >= 0.3 is 0 Å². The minimum absolute atomic E-state index is 0.0230. The second-order valence-corrected chi connectivity index (χ2v) is 9.08. The van der Waals surface area contributed by atoms with Gasteiger partial charge in [0, 0.05) is 37.1 Å². The molecule has 3 atom stereocenters. The van der Waals surface area contributed by atoms with Crippen LogP contribution in [0.25, 0.3) is 0 Å². The summed E-state index contributed by atoms with van der Waals surface area (Å²) in [5, 5.41) is 10.6. The van der Waals surface area contributed by atoms with Crippen LogP contribution in [0, 0.1) is 11.8 Å². The number of carbonyl (C=O) groups excluding carboxylic acids is 5. The summed E-state index contributed by atoms with van der Waals surface area (Å²) in [6.07, 6.45) is 0.464. The highest BCUT2D eigenvalue weighted by molar-refractivity contribution is 6.38. The van der Waals surface area contributed by atoms with Crippen LogP contribution in [-0.2, 0) is 19.2 Å². The third-order valence-corrected chi connectivity index (χ3v) is 6.14. The summed E-state index contributed by atoms with van der Waals surface area (Å²) in [6.45, 7) is 3.07. The van der Waals surface area contributed by atoms with Gasteiger partial charge in [0.15, 0.2) is 0 Å².